The van der Waals surface area contributed by atoms with E-state index < -0.39 is 0 Å². The van der Waals surface area contributed by atoms with E-state index in [1.165, 1.54) is 23.1 Å². The van der Waals surface area contributed by atoms with Crippen LogP contribution in [-0.4, -0.2) is 44.6 Å². The third kappa shape index (κ3) is 5.57. The number of aromatic nitrogens is 2. The summed E-state index contributed by atoms with van der Waals surface area (Å²) in [5.74, 6) is 1.58. The van der Waals surface area contributed by atoms with Gasteiger partial charge in [0, 0.05) is 35.3 Å². The van der Waals surface area contributed by atoms with Crippen molar-refractivity contribution in [1.29, 1.82) is 0 Å². The summed E-state index contributed by atoms with van der Waals surface area (Å²) in [6.45, 7) is 6.39. The Kier molecular flexibility index (Phi) is 7.44. The lowest BCUT2D eigenvalue weighted by Crippen LogP contribution is -2.37. The Labute approximate surface area is 215 Å². The quantitative estimate of drug-likeness (QED) is 0.276. The number of rotatable bonds is 6. The molecule has 2 aliphatic heterocycles. The number of likely N-dealkylation sites (tertiary alicyclic amines) is 1. The van der Waals surface area contributed by atoms with E-state index in [0.29, 0.717) is 10.8 Å². The first-order valence-corrected chi connectivity index (χ1v) is 14.1. The van der Waals surface area contributed by atoms with Crippen LogP contribution >= 0.6 is 23.5 Å². The van der Waals surface area contributed by atoms with Gasteiger partial charge in [0.05, 0.1) is 16.3 Å². The summed E-state index contributed by atoms with van der Waals surface area (Å²) in [5.41, 5.74) is 3.80. The molecule has 2 aromatic carbocycles. The lowest BCUT2D eigenvalue weighted by molar-refractivity contribution is -0.113. The Morgan fingerprint density at radius 3 is 2.69 bits per heavy atom. The number of piperidine rings is 1. The van der Waals surface area contributed by atoms with Crippen LogP contribution in [0, 0.1) is 5.92 Å². The summed E-state index contributed by atoms with van der Waals surface area (Å²) in [5, 5.41) is 5.76. The summed E-state index contributed by atoms with van der Waals surface area (Å²) in [7, 11) is 0. The van der Waals surface area contributed by atoms with E-state index >= 15 is 0 Å². The van der Waals surface area contributed by atoms with E-state index in [1.54, 1.807) is 0 Å². The van der Waals surface area contributed by atoms with Crippen molar-refractivity contribution in [3.63, 3.8) is 0 Å². The third-order valence-electron chi connectivity index (χ3n) is 6.19. The van der Waals surface area contributed by atoms with Crippen LogP contribution in [-0.2, 0) is 4.79 Å². The molecule has 35 heavy (non-hydrogen) atoms. The van der Waals surface area contributed by atoms with Gasteiger partial charge in [0.25, 0.3) is 5.91 Å². The normalized spacial score (nSPS) is 19.4. The molecule has 0 N–H and O–H groups in total. The number of amidine groups is 1. The van der Waals surface area contributed by atoms with E-state index in [4.69, 9.17) is 5.10 Å². The number of hydrogen-bond donors (Lipinski definition) is 0. The van der Waals surface area contributed by atoms with Gasteiger partial charge in [0.1, 0.15) is 0 Å². The van der Waals surface area contributed by atoms with E-state index in [2.05, 4.69) is 48.0 Å². The molecule has 5 nitrogen and oxygen atoms in total. The molecular formula is C28H30N4OS2. The van der Waals surface area contributed by atoms with Crippen LogP contribution in [0.3, 0.4) is 0 Å². The Bertz CT molecular complexity index is 1250. The maximum atomic E-state index is 12.8. The van der Waals surface area contributed by atoms with Gasteiger partial charge in [-0.05, 0) is 73.0 Å². The minimum absolute atomic E-state index is 0.159. The van der Waals surface area contributed by atoms with Crippen LogP contribution in [0.25, 0.3) is 23.0 Å². The summed E-state index contributed by atoms with van der Waals surface area (Å²) >= 11 is 3.36. The van der Waals surface area contributed by atoms with Gasteiger partial charge in [-0.25, -0.2) is 4.68 Å². The molecule has 2 aliphatic rings. The minimum atomic E-state index is -0.159. The number of benzene rings is 2. The van der Waals surface area contributed by atoms with Crippen LogP contribution in [0.1, 0.15) is 38.7 Å². The smallest absolute Gasteiger partial charge is 0.286 e. The fourth-order valence-electron chi connectivity index (χ4n) is 4.40. The summed E-state index contributed by atoms with van der Waals surface area (Å²) in [6, 6.07) is 18.6. The average molecular weight is 503 g/mol. The van der Waals surface area contributed by atoms with Gasteiger partial charge in [-0.1, -0.05) is 44.2 Å². The van der Waals surface area contributed by atoms with Crippen LogP contribution in [0.2, 0.25) is 0 Å². The molecule has 5 rings (SSSR count). The van der Waals surface area contributed by atoms with E-state index in [9.17, 15) is 4.79 Å². The molecule has 1 fully saturated rings. The molecule has 3 aromatic rings. The number of nitrogens with zero attached hydrogens (tertiary/aromatic N) is 4. The van der Waals surface area contributed by atoms with Gasteiger partial charge < -0.3 is 4.90 Å². The molecule has 1 amide bonds. The summed E-state index contributed by atoms with van der Waals surface area (Å²) < 4.78 is 1.89. The number of hydrogen-bond acceptors (Lipinski definition) is 5. The maximum absolute atomic E-state index is 12.8. The molecule has 0 bridgehead atoms. The largest absolute Gasteiger partial charge is 0.351 e. The van der Waals surface area contributed by atoms with Gasteiger partial charge in [-0.3, -0.25) is 4.79 Å². The van der Waals surface area contributed by atoms with Gasteiger partial charge in [0.2, 0.25) is 0 Å². The monoisotopic (exact) mass is 502 g/mol. The fraction of sp³-hybridized carbons (Fsp3) is 0.321. The van der Waals surface area contributed by atoms with Crippen molar-refractivity contribution in [3.05, 3.63) is 71.3 Å². The first-order chi connectivity index (χ1) is 17.1. The van der Waals surface area contributed by atoms with Crippen molar-refractivity contribution in [1.82, 2.24) is 14.7 Å². The third-order valence-corrected chi connectivity index (χ3v) is 8.45. The van der Waals surface area contributed by atoms with E-state index in [1.807, 2.05) is 59.0 Å². The topological polar surface area (TPSA) is 50.5 Å². The van der Waals surface area contributed by atoms with Gasteiger partial charge >= 0.3 is 0 Å². The van der Waals surface area contributed by atoms with Gasteiger partial charge in [0.15, 0.2) is 5.17 Å². The highest BCUT2D eigenvalue weighted by molar-refractivity contribution is 8.18. The number of carbonyl (C=O) groups is 1. The SMILES string of the molecule is CCCSc1ccc(-c2nn(-c3ccccc3)cc2/C=C2\SC(N3CCC[C@H](C)C3)=NC2=O)cc1. The zero-order valence-electron chi connectivity index (χ0n) is 20.2. The zero-order valence-corrected chi connectivity index (χ0v) is 21.8. The van der Waals surface area contributed by atoms with Crippen LogP contribution in [0.5, 0.6) is 0 Å². The van der Waals surface area contributed by atoms with Crippen LogP contribution in [0.4, 0.5) is 0 Å². The molecule has 1 atom stereocenters. The van der Waals surface area contributed by atoms with E-state index in [0.717, 1.165) is 59.4 Å². The number of para-hydroxylation sites is 1. The van der Waals surface area contributed by atoms with Crippen molar-refractivity contribution in [2.24, 2.45) is 10.9 Å². The molecule has 0 spiro atoms. The van der Waals surface area contributed by atoms with Crippen molar-refractivity contribution in [3.8, 4) is 16.9 Å². The number of aliphatic imine (C=N–C) groups is 1. The summed E-state index contributed by atoms with van der Waals surface area (Å²) in [4.78, 5) is 21.4. The molecule has 0 unspecified atom stereocenters. The molecule has 7 heteroatoms. The van der Waals surface area contributed by atoms with Gasteiger partial charge in [-0.15, -0.1) is 11.8 Å². The standard InChI is InChI=1S/C28H30N4OS2/c1-3-16-34-24-13-11-21(12-14-24)26-22(19-32(30-26)23-9-5-4-6-10-23)17-25-27(33)29-28(35-25)31-15-7-8-20(2)18-31/h4-6,9-14,17,19-20H,3,7-8,15-16,18H2,1-2H3/b25-17-/t20-/m0/s1. The van der Waals surface area contributed by atoms with Crippen LogP contribution < -0.4 is 0 Å². The highest BCUT2D eigenvalue weighted by atomic mass is 32.2. The summed E-state index contributed by atoms with van der Waals surface area (Å²) in [6.07, 6.45) is 7.50. The van der Waals surface area contributed by atoms with Gasteiger partial charge in [-0.2, -0.15) is 10.1 Å². The fourth-order valence-corrected chi connectivity index (χ4v) is 6.10. The second-order valence-corrected chi connectivity index (χ2v) is 11.3. The highest BCUT2D eigenvalue weighted by Crippen LogP contribution is 2.35. The van der Waals surface area contributed by atoms with Crippen LogP contribution in [0.15, 0.2) is 75.6 Å². The number of amides is 1. The lowest BCUT2D eigenvalue weighted by atomic mass is 10.0. The molecular weight excluding hydrogens is 472 g/mol. The molecule has 1 saturated heterocycles. The zero-order chi connectivity index (χ0) is 24.2. The second-order valence-electron chi connectivity index (χ2n) is 9.09. The molecule has 0 radical (unpaired) electrons. The lowest BCUT2D eigenvalue weighted by Gasteiger charge is -2.31. The molecule has 0 saturated carbocycles. The molecule has 180 valence electrons. The van der Waals surface area contributed by atoms with Crippen molar-refractivity contribution in [2.75, 3.05) is 18.8 Å². The molecule has 3 heterocycles. The predicted molar refractivity (Wildman–Crippen MR) is 148 cm³/mol. The Balaban J connectivity index is 1.46. The Morgan fingerprint density at radius 2 is 1.94 bits per heavy atom. The highest BCUT2D eigenvalue weighted by Gasteiger charge is 2.29. The molecule has 1 aromatic heterocycles. The van der Waals surface area contributed by atoms with Crippen molar-refractivity contribution < 1.29 is 4.79 Å². The number of thioether (sulfide) groups is 2. The van der Waals surface area contributed by atoms with Crippen molar-refractivity contribution >= 4 is 40.7 Å². The Hall–Kier alpha value is -2.77. The second kappa shape index (κ2) is 10.9. The molecule has 0 aliphatic carbocycles. The van der Waals surface area contributed by atoms with Crippen molar-refractivity contribution in [2.45, 2.75) is 38.0 Å². The minimum Gasteiger partial charge on any atom is -0.351 e. The number of carbonyl (C=O) groups excluding carboxylic acids is 1. The first-order valence-electron chi connectivity index (χ1n) is 12.3. The average Bonchev–Trinajstić information content (AvgIpc) is 3.47. The van der Waals surface area contributed by atoms with E-state index in [-0.39, 0.29) is 5.91 Å². The predicted octanol–water partition coefficient (Wildman–Crippen LogP) is 6.74. The first kappa shape index (κ1) is 23.9. The maximum Gasteiger partial charge on any atom is 0.286 e. The Morgan fingerprint density at radius 1 is 1.14 bits per heavy atom.